The summed E-state index contributed by atoms with van der Waals surface area (Å²) in [6.45, 7) is 0.432. The first-order valence-electron chi connectivity index (χ1n) is 11.6. The van der Waals surface area contributed by atoms with E-state index in [1.54, 1.807) is 18.2 Å². The third-order valence-electron chi connectivity index (χ3n) is 5.47. The highest BCUT2D eigenvalue weighted by Crippen LogP contribution is 2.34. The first-order chi connectivity index (χ1) is 18.0. The number of hydrogen-bond donors (Lipinski definition) is 2. The van der Waals surface area contributed by atoms with Crippen molar-refractivity contribution in [1.29, 1.82) is 0 Å². The van der Waals surface area contributed by atoms with Crippen LogP contribution in [-0.4, -0.2) is 51.7 Å². The Labute approximate surface area is 217 Å². The number of carbonyl (C=O) groups excluding carboxylic acids is 3. The monoisotopic (exact) mass is 521 g/mol. The molecule has 10 heteroatoms. The standard InChI is InChI=1S/C27H27N3O6S/c31-25(28-14-20-7-3-1-4-8-20)16-30(15-21-9-5-2-6-10-21)27(33)18-37(34)17-26(32)29-22-11-12-23-24(13-22)36-19-35-23/h1-13H,14-19H2,(H,28,31)(H,29,32)/t37-/m1/s1. The average Bonchev–Trinajstić information content (AvgIpc) is 3.36. The minimum atomic E-state index is -1.77. The van der Waals surface area contributed by atoms with Gasteiger partial charge < -0.3 is 25.0 Å². The molecule has 3 aromatic carbocycles. The highest BCUT2D eigenvalue weighted by Gasteiger charge is 2.22. The van der Waals surface area contributed by atoms with E-state index in [1.807, 2.05) is 60.7 Å². The van der Waals surface area contributed by atoms with Crippen LogP contribution in [-0.2, 0) is 38.3 Å². The molecule has 0 saturated heterocycles. The molecule has 4 rings (SSSR count). The van der Waals surface area contributed by atoms with Crippen LogP contribution in [0.5, 0.6) is 11.5 Å². The van der Waals surface area contributed by atoms with Crippen molar-refractivity contribution in [3.63, 3.8) is 0 Å². The van der Waals surface area contributed by atoms with Crippen molar-refractivity contribution in [2.45, 2.75) is 13.1 Å². The minimum Gasteiger partial charge on any atom is -0.454 e. The maximum Gasteiger partial charge on any atom is 0.239 e. The summed E-state index contributed by atoms with van der Waals surface area (Å²) in [4.78, 5) is 39.4. The lowest BCUT2D eigenvalue weighted by molar-refractivity contribution is -0.134. The summed E-state index contributed by atoms with van der Waals surface area (Å²) in [5, 5.41) is 5.46. The predicted octanol–water partition coefficient (Wildman–Crippen LogP) is 2.45. The summed E-state index contributed by atoms with van der Waals surface area (Å²) in [7, 11) is -1.77. The van der Waals surface area contributed by atoms with Gasteiger partial charge >= 0.3 is 0 Å². The van der Waals surface area contributed by atoms with Gasteiger partial charge in [-0.1, -0.05) is 60.7 Å². The Morgan fingerprint density at radius 3 is 2.22 bits per heavy atom. The molecular weight excluding hydrogens is 494 g/mol. The summed E-state index contributed by atoms with van der Waals surface area (Å²) in [6.07, 6.45) is 0. The number of nitrogens with one attached hydrogen (secondary N) is 2. The summed E-state index contributed by atoms with van der Waals surface area (Å²) in [5.41, 5.74) is 2.24. The summed E-state index contributed by atoms with van der Waals surface area (Å²) >= 11 is 0. The first-order valence-corrected chi connectivity index (χ1v) is 13.1. The predicted molar refractivity (Wildman–Crippen MR) is 139 cm³/mol. The van der Waals surface area contributed by atoms with E-state index < -0.39 is 22.6 Å². The van der Waals surface area contributed by atoms with Crippen molar-refractivity contribution in [2.24, 2.45) is 0 Å². The van der Waals surface area contributed by atoms with Crippen LogP contribution >= 0.6 is 0 Å². The molecule has 0 spiro atoms. The van der Waals surface area contributed by atoms with E-state index in [4.69, 9.17) is 9.47 Å². The fraction of sp³-hybridized carbons (Fsp3) is 0.222. The van der Waals surface area contributed by atoms with Crippen molar-refractivity contribution in [3.8, 4) is 11.5 Å². The molecule has 1 atom stereocenters. The maximum atomic E-state index is 13.0. The molecule has 3 aromatic rings. The van der Waals surface area contributed by atoms with Gasteiger partial charge in [0, 0.05) is 35.6 Å². The number of carbonyl (C=O) groups is 3. The molecule has 37 heavy (non-hydrogen) atoms. The number of rotatable bonds is 11. The first kappa shape index (κ1) is 25.9. The fourth-order valence-corrected chi connectivity index (χ4v) is 4.58. The highest BCUT2D eigenvalue weighted by atomic mass is 32.2. The Balaban J connectivity index is 1.32. The third kappa shape index (κ3) is 7.91. The minimum absolute atomic E-state index is 0.114. The van der Waals surface area contributed by atoms with Crippen molar-refractivity contribution in [3.05, 3.63) is 90.0 Å². The average molecular weight is 522 g/mol. The fourth-order valence-electron chi connectivity index (χ4n) is 3.66. The molecule has 1 aliphatic heterocycles. The van der Waals surface area contributed by atoms with Crippen LogP contribution in [0.15, 0.2) is 78.9 Å². The van der Waals surface area contributed by atoms with Gasteiger partial charge in [0.2, 0.25) is 24.5 Å². The van der Waals surface area contributed by atoms with Gasteiger partial charge in [0.25, 0.3) is 0 Å². The third-order valence-corrected chi connectivity index (χ3v) is 6.62. The lowest BCUT2D eigenvalue weighted by Gasteiger charge is -2.22. The van der Waals surface area contributed by atoms with Crippen molar-refractivity contribution < 1.29 is 28.1 Å². The van der Waals surface area contributed by atoms with Gasteiger partial charge in [0.1, 0.15) is 11.5 Å². The normalized spacial score (nSPS) is 12.4. The topological polar surface area (TPSA) is 114 Å². The number of benzene rings is 3. The van der Waals surface area contributed by atoms with Crippen LogP contribution in [0, 0.1) is 0 Å². The molecule has 0 aromatic heterocycles. The number of nitrogens with zero attached hydrogens (tertiary/aromatic N) is 1. The van der Waals surface area contributed by atoms with E-state index in [9.17, 15) is 18.6 Å². The van der Waals surface area contributed by atoms with Gasteiger partial charge in [-0.05, 0) is 23.3 Å². The van der Waals surface area contributed by atoms with Crippen LogP contribution in [0.3, 0.4) is 0 Å². The lowest BCUT2D eigenvalue weighted by atomic mass is 10.2. The zero-order chi connectivity index (χ0) is 26.0. The van der Waals surface area contributed by atoms with Gasteiger partial charge in [-0.2, -0.15) is 0 Å². The molecule has 0 aliphatic carbocycles. The molecule has 192 valence electrons. The molecule has 0 radical (unpaired) electrons. The van der Waals surface area contributed by atoms with Crippen molar-refractivity contribution in [2.75, 3.05) is 30.2 Å². The van der Waals surface area contributed by atoms with Gasteiger partial charge in [-0.3, -0.25) is 18.6 Å². The highest BCUT2D eigenvalue weighted by molar-refractivity contribution is 7.86. The summed E-state index contributed by atoms with van der Waals surface area (Å²) in [5.74, 6) is -0.963. The van der Waals surface area contributed by atoms with E-state index in [1.165, 1.54) is 4.90 Å². The zero-order valence-corrected chi connectivity index (χ0v) is 20.9. The number of amides is 3. The Hall–Kier alpha value is -4.18. The van der Waals surface area contributed by atoms with E-state index in [0.717, 1.165) is 11.1 Å². The maximum absolute atomic E-state index is 13.0. The van der Waals surface area contributed by atoms with Crippen LogP contribution in [0.4, 0.5) is 5.69 Å². The van der Waals surface area contributed by atoms with Gasteiger partial charge in [-0.15, -0.1) is 0 Å². The molecule has 3 amide bonds. The van der Waals surface area contributed by atoms with E-state index in [-0.39, 0.29) is 37.3 Å². The summed E-state index contributed by atoms with van der Waals surface area (Å²) < 4.78 is 23.2. The molecule has 2 N–H and O–H groups in total. The molecular formula is C27H27N3O6S. The molecule has 1 heterocycles. The Morgan fingerprint density at radius 2 is 1.49 bits per heavy atom. The molecule has 0 bridgehead atoms. The van der Waals surface area contributed by atoms with Gasteiger partial charge in [-0.25, -0.2) is 0 Å². The molecule has 0 saturated carbocycles. The zero-order valence-electron chi connectivity index (χ0n) is 20.1. The van der Waals surface area contributed by atoms with Crippen LogP contribution in [0.25, 0.3) is 0 Å². The van der Waals surface area contributed by atoms with Gasteiger partial charge in [0.05, 0.1) is 6.54 Å². The quantitative estimate of drug-likeness (QED) is 0.401. The number of fused-ring (bicyclic) bond motifs is 1. The molecule has 1 aliphatic rings. The second-order valence-electron chi connectivity index (χ2n) is 8.34. The SMILES string of the molecule is O=C(CN(Cc1ccccc1)C(=O)C[S@](=O)CC(=O)Nc1ccc2c(c1)OCO2)NCc1ccccc1. The van der Waals surface area contributed by atoms with Crippen LogP contribution in [0.2, 0.25) is 0 Å². The lowest BCUT2D eigenvalue weighted by Crippen LogP contribution is -2.42. The van der Waals surface area contributed by atoms with Crippen molar-refractivity contribution in [1.82, 2.24) is 10.2 Å². The smallest absolute Gasteiger partial charge is 0.239 e. The number of hydrogen-bond acceptors (Lipinski definition) is 6. The molecule has 0 unspecified atom stereocenters. The van der Waals surface area contributed by atoms with E-state index in [2.05, 4.69) is 10.6 Å². The molecule has 0 fully saturated rings. The number of anilines is 1. The second kappa shape index (κ2) is 12.7. The summed E-state index contributed by atoms with van der Waals surface area (Å²) in [6, 6.07) is 23.6. The van der Waals surface area contributed by atoms with Gasteiger partial charge in [0.15, 0.2) is 11.5 Å². The Bertz CT molecular complexity index is 1270. The van der Waals surface area contributed by atoms with E-state index in [0.29, 0.717) is 23.7 Å². The second-order valence-corrected chi connectivity index (χ2v) is 9.80. The van der Waals surface area contributed by atoms with Crippen LogP contribution < -0.4 is 20.1 Å². The largest absolute Gasteiger partial charge is 0.454 e. The Kier molecular flexibility index (Phi) is 8.88. The Morgan fingerprint density at radius 1 is 0.811 bits per heavy atom. The number of ether oxygens (including phenoxy) is 2. The van der Waals surface area contributed by atoms with E-state index >= 15 is 0 Å². The van der Waals surface area contributed by atoms with Crippen molar-refractivity contribution >= 4 is 34.2 Å². The molecule has 9 nitrogen and oxygen atoms in total. The van der Waals surface area contributed by atoms with Crippen LogP contribution in [0.1, 0.15) is 11.1 Å².